The third-order valence-corrected chi connectivity index (χ3v) is 5.07. The Balaban J connectivity index is 2.13. The van der Waals surface area contributed by atoms with Crippen molar-refractivity contribution in [2.24, 2.45) is 0 Å². The van der Waals surface area contributed by atoms with Crippen molar-refractivity contribution >= 4 is 10.0 Å². The van der Waals surface area contributed by atoms with Crippen LogP contribution in [0.15, 0.2) is 35.2 Å². The van der Waals surface area contributed by atoms with Gasteiger partial charge < -0.3 is 4.90 Å². The summed E-state index contributed by atoms with van der Waals surface area (Å²) in [4.78, 5) is 2.65. The number of sulfonamides is 1. The second-order valence-corrected chi connectivity index (χ2v) is 6.09. The molecule has 0 amide bonds. The molecule has 0 aromatic heterocycles. The Morgan fingerprint density at radius 3 is 2.18 bits per heavy atom. The molecule has 1 aliphatic rings. The summed E-state index contributed by atoms with van der Waals surface area (Å²) in [5.41, 5.74) is 0. The van der Waals surface area contributed by atoms with Crippen LogP contribution in [-0.2, 0) is 10.0 Å². The molecule has 0 aliphatic carbocycles. The van der Waals surface area contributed by atoms with Crippen molar-refractivity contribution in [2.75, 3.05) is 32.7 Å². The zero-order valence-electron chi connectivity index (χ0n) is 10.0. The van der Waals surface area contributed by atoms with Gasteiger partial charge in [-0.2, -0.15) is 4.31 Å². The molecular formula is C12H18N2O2S. The van der Waals surface area contributed by atoms with Crippen LogP contribution in [0.3, 0.4) is 0 Å². The van der Waals surface area contributed by atoms with Crippen molar-refractivity contribution in [2.45, 2.75) is 11.8 Å². The normalized spacial score (nSPS) is 19.4. The molecular weight excluding hydrogens is 236 g/mol. The van der Waals surface area contributed by atoms with Crippen LogP contribution in [-0.4, -0.2) is 50.3 Å². The molecule has 1 aromatic rings. The average Bonchev–Trinajstić information content (AvgIpc) is 2.40. The van der Waals surface area contributed by atoms with Gasteiger partial charge in [0, 0.05) is 26.2 Å². The van der Waals surface area contributed by atoms with Crippen LogP contribution in [0.1, 0.15) is 6.92 Å². The van der Waals surface area contributed by atoms with E-state index in [1.165, 1.54) is 0 Å². The maximum Gasteiger partial charge on any atom is 0.243 e. The van der Waals surface area contributed by atoms with Gasteiger partial charge in [0.15, 0.2) is 0 Å². The topological polar surface area (TPSA) is 40.6 Å². The molecule has 17 heavy (non-hydrogen) atoms. The minimum absolute atomic E-state index is 0.393. The molecule has 1 saturated heterocycles. The van der Waals surface area contributed by atoms with Crippen molar-refractivity contribution in [1.29, 1.82) is 0 Å². The van der Waals surface area contributed by atoms with Crippen molar-refractivity contribution < 1.29 is 8.42 Å². The molecule has 0 bridgehead atoms. The minimum atomic E-state index is -3.29. The van der Waals surface area contributed by atoms with E-state index in [1.807, 2.05) is 6.07 Å². The maximum absolute atomic E-state index is 12.3. The Morgan fingerprint density at radius 2 is 1.65 bits per heavy atom. The molecule has 94 valence electrons. The van der Waals surface area contributed by atoms with Crippen LogP contribution >= 0.6 is 0 Å². The second kappa shape index (κ2) is 5.16. The predicted molar refractivity (Wildman–Crippen MR) is 67.3 cm³/mol. The highest BCUT2D eigenvalue weighted by Gasteiger charge is 2.27. The van der Waals surface area contributed by atoms with E-state index < -0.39 is 10.0 Å². The SMILES string of the molecule is CCN1CCN(S(=O)(=O)c2ccccc2)CC1. The maximum atomic E-state index is 12.3. The van der Waals surface area contributed by atoms with Crippen LogP contribution in [0.4, 0.5) is 0 Å². The third-order valence-electron chi connectivity index (χ3n) is 3.16. The fourth-order valence-electron chi connectivity index (χ4n) is 2.03. The zero-order chi connectivity index (χ0) is 12.3. The van der Waals surface area contributed by atoms with E-state index in [2.05, 4.69) is 11.8 Å². The van der Waals surface area contributed by atoms with Gasteiger partial charge in [0.1, 0.15) is 0 Å². The van der Waals surface area contributed by atoms with Gasteiger partial charge in [-0.3, -0.25) is 0 Å². The highest BCUT2D eigenvalue weighted by Crippen LogP contribution is 2.16. The average molecular weight is 254 g/mol. The molecule has 1 aromatic carbocycles. The van der Waals surface area contributed by atoms with Crippen LogP contribution in [0.5, 0.6) is 0 Å². The zero-order valence-corrected chi connectivity index (χ0v) is 10.9. The van der Waals surface area contributed by atoms with Gasteiger partial charge in [-0.1, -0.05) is 25.1 Å². The van der Waals surface area contributed by atoms with Gasteiger partial charge in [-0.25, -0.2) is 8.42 Å². The number of benzene rings is 1. The van der Waals surface area contributed by atoms with Crippen LogP contribution < -0.4 is 0 Å². The van der Waals surface area contributed by atoms with Crippen molar-refractivity contribution in [3.63, 3.8) is 0 Å². The van der Waals surface area contributed by atoms with Crippen molar-refractivity contribution in [3.8, 4) is 0 Å². The van der Waals surface area contributed by atoms with Crippen molar-refractivity contribution in [1.82, 2.24) is 9.21 Å². The second-order valence-electron chi connectivity index (χ2n) is 4.15. The van der Waals surface area contributed by atoms with Gasteiger partial charge >= 0.3 is 0 Å². The van der Waals surface area contributed by atoms with Gasteiger partial charge in [0.25, 0.3) is 0 Å². The molecule has 0 spiro atoms. The number of hydrogen-bond donors (Lipinski definition) is 0. The fraction of sp³-hybridized carbons (Fsp3) is 0.500. The first kappa shape index (κ1) is 12.5. The van der Waals surface area contributed by atoms with Crippen molar-refractivity contribution in [3.05, 3.63) is 30.3 Å². The number of piperazine rings is 1. The Bertz CT molecular complexity index is 451. The van der Waals surface area contributed by atoms with Crippen LogP contribution in [0, 0.1) is 0 Å². The number of likely N-dealkylation sites (N-methyl/N-ethyl adjacent to an activating group) is 1. The van der Waals surface area contributed by atoms with Gasteiger partial charge in [-0.05, 0) is 18.7 Å². The number of hydrogen-bond acceptors (Lipinski definition) is 3. The summed E-state index contributed by atoms with van der Waals surface area (Å²) in [6, 6.07) is 8.65. The highest BCUT2D eigenvalue weighted by molar-refractivity contribution is 7.89. The lowest BCUT2D eigenvalue weighted by molar-refractivity contribution is 0.196. The van der Waals surface area contributed by atoms with Gasteiger partial charge in [0.05, 0.1) is 4.90 Å². The van der Waals surface area contributed by atoms with E-state index >= 15 is 0 Å². The van der Waals surface area contributed by atoms with E-state index in [4.69, 9.17) is 0 Å². The lowest BCUT2D eigenvalue weighted by Gasteiger charge is -2.33. The third kappa shape index (κ3) is 2.68. The lowest BCUT2D eigenvalue weighted by atomic mass is 10.4. The summed E-state index contributed by atoms with van der Waals surface area (Å²) < 4.78 is 26.2. The Morgan fingerprint density at radius 1 is 1.06 bits per heavy atom. The lowest BCUT2D eigenvalue weighted by Crippen LogP contribution is -2.48. The van der Waals surface area contributed by atoms with Gasteiger partial charge in [0.2, 0.25) is 10.0 Å². The van der Waals surface area contributed by atoms with Crippen LogP contribution in [0.25, 0.3) is 0 Å². The largest absolute Gasteiger partial charge is 0.301 e. The summed E-state index contributed by atoms with van der Waals surface area (Å²) in [6.07, 6.45) is 0. The quantitative estimate of drug-likeness (QED) is 0.808. The summed E-state index contributed by atoms with van der Waals surface area (Å²) >= 11 is 0. The highest BCUT2D eigenvalue weighted by atomic mass is 32.2. The van der Waals surface area contributed by atoms with E-state index in [-0.39, 0.29) is 0 Å². The monoisotopic (exact) mass is 254 g/mol. The first-order valence-electron chi connectivity index (χ1n) is 5.92. The predicted octanol–water partition coefficient (Wildman–Crippen LogP) is 1.01. The number of nitrogens with zero attached hydrogens (tertiary/aromatic N) is 2. The Labute approximate surface area is 103 Å². The Hall–Kier alpha value is -0.910. The molecule has 1 aliphatic heterocycles. The molecule has 0 N–H and O–H groups in total. The van der Waals surface area contributed by atoms with Crippen LogP contribution in [0.2, 0.25) is 0 Å². The smallest absolute Gasteiger partial charge is 0.243 e. The molecule has 1 fully saturated rings. The van der Waals surface area contributed by atoms with E-state index in [0.717, 1.165) is 19.6 Å². The summed E-state index contributed by atoms with van der Waals surface area (Å²) in [7, 11) is -3.29. The molecule has 2 rings (SSSR count). The van der Waals surface area contributed by atoms with E-state index in [1.54, 1.807) is 28.6 Å². The molecule has 0 atom stereocenters. The number of rotatable bonds is 3. The molecule has 0 radical (unpaired) electrons. The first-order chi connectivity index (χ1) is 8.14. The standard InChI is InChI=1S/C12H18N2O2S/c1-2-13-8-10-14(11-9-13)17(15,16)12-6-4-3-5-7-12/h3-7H,2,8-11H2,1H3. The molecule has 4 nitrogen and oxygen atoms in total. The fourth-order valence-corrected chi connectivity index (χ4v) is 3.47. The van der Waals surface area contributed by atoms with E-state index in [0.29, 0.717) is 18.0 Å². The van der Waals surface area contributed by atoms with Gasteiger partial charge in [-0.15, -0.1) is 0 Å². The summed E-state index contributed by atoms with van der Waals surface area (Å²) in [5.74, 6) is 0. The summed E-state index contributed by atoms with van der Waals surface area (Å²) in [6.45, 7) is 5.90. The minimum Gasteiger partial charge on any atom is -0.301 e. The van der Waals surface area contributed by atoms with E-state index in [9.17, 15) is 8.42 Å². The Kier molecular flexibility index (Phi) is 3.81. The molecule has 5 heteroatoms. The summed E-state index contributed by atoms with van der Waals surface area (Å²) in [5, 5.41) is 0. The first-order valence-corrected chi connectivity index (χ1v) is 7.36. The molecule has 1 heterocycles. The molecule has 0 saturated carbocycles. The molecule has 0 unspecified atom stereocenters.